The van der Waals surface area contributed by atoms with Gasteiger partial charge < -0.3 is 4.79 Å². The molecule has 0 spiro atoms. The van der Waals surface area contributed by atoms with E-state index >= 15 is 0 Å². The highest BCUT2D eigenvalue weighted by atomic mass is 32.2. The summed E-state index contributed by atoms with van der Waals surface area (Å²) >= 11 is 0. The van der Waals surface area contributed by atoms with Gasteiger partial charge >= 0.3 is 10.2 Å². The minimum Gasteiger partial charge on any atom is -0.303 e. The highest BCUT2D eigenvalue weighted by Gasteiger charge is 2.18. The number of hydrogen-bond acceptors (Lipinski definition) is 4. The Bertz CT molecular complexity index is 465. The van der Waals surface area contributed by atoms with Gasteiger partial charge in [-0.15, -0.1) is 0 Å². The topological polar surface area (TPSA) is 72.3 Å². The predicted molar refractivity (Wildman–Crippen MR) is 63.9 cm³/mol. The maximum Gasteiger partial charge on any atom is 0.308 e. The first-order valence-electron chi connectivity index (χ1n) is 5.38. The van der Waals surface area contributed by atoms with Crippen molar-refractivity contribution in [3.05, 3.63) is 18.2 Å². The monoisotopic (exact) mass is 259 g/mol. The Balaban J connectivity index is 2.76. The van der Waals surface area contributed by atoms with Crippen molar-refractivity contribution < 1.29 is 13.2 Å². The second-order valence-corrected chi connectivity index (χ2v) is 5.90. The van der Waals surface area contributed by atoms with Crippen LogP contribution in [0.4, 0.5) is 0 Å². The van der Waals surface area contributed by atoms with E-state index in [9.17, 15) is 13.2 Å². The summed E-state index contributed by atoms with van der Waals surface area (Å²) in [5, 5.41) is 0. The Labute approximate surface area is 101 Å². The Morgan fingerprint density at radius 1 is 1.41 bits per heavy atom. The Morgan fingerprint density at radius 2 is 2.12 bits per heavy atom. The van der Waals surface area contributed by atoms with Gasteiger partial charge in [-0.3, -0.25) is 0 Å². The number of rotatable bonds is 7. The Morgan fingerprint density at radius 3 is 2.71 bits per heavy atom. The molecule has 0 radical (unpaired) electrons. The molecule has 0 aliphatic rings. The Hall–Kier alpha value is -1.21. The molecule has 17 heavy (non-hydrogen) atoms. The average molecular weight is 259 g/mol. The van der Waals surface area contributed by atoms with Crippen molar-refractivity contribution in [3.63, 3.8) is 0 Å². The summed E-state index contributed by atoms with van der Waals surface area (Å²) in [5.41, 5.74) is 0.643. The van der Waals surface area contributed by atoms with Crippen LogP contribution >= 0.6 is 0 Å². The highest BCUT2D eigenvalue weighted by Crippen LogP contribution is 2.10. The molecular weight excluding hydrogens is 242 g/mol. The van der Waals surface area contributed by atoms with E-state index in [1.54, 1.807) is 6.20 Å². The molecule has 0 aliphatic heterocycles. The van der Waals surface area contributed by atoms with Gasteiger partial charge in [0.05, 0.1) is 5.69 Å². The lowest BCUT2D eigenvalue weighted by Crippen LogP contribution is -2.29. The second-order valence-electron chi connectivity index (χ2n) is 3.88. The van der Waals surface area contributed by atoms with Crippen molar-refractivity contribution >= 4 is 16.5 Å². The number of aldehydes is 1. The van der Waals surface area contributed by atoms with Gasteiger partial charge in [0, 0.05) is 26.7 Å². The van der Waals surface area contributed by atoms with Gasteiger partial charge in [-0.25, -0.2) is 8.96 Å². The lowest BCUT2D eigenvalue weighted by Gasteiger charge is -2.14. The van der Waals surface area contributed by atoms with Crippen LogP contribution in [0.1, 0.15) is 25.0 Å². The third-order valence-electron chi connectivity index (χ3n) is 2.39. The third-order valence-corrected chi connectivity index (χ3v) is 4.14. The molecule has 0 bridgehead atoms. The van der Waals surface area contributed by atoms with Crippen molar-refractivity contribution in [3.8, 4) is 0 Å². The zero-order valence-corrected chi connectivity index (χ0v) is 10.9. The lowest BCUT2D eigenvalue weighted by molar-refractivity contribution is -0.107. The van der Waals surface area contributed by atoms with Crippen molar-refractivity contribution in [2.45, 2.75) is 25.7 Å². The standard InChI is InChI=1S/C10H17N3O3S/c1-12(2)17(15,16)13-9-11-8-10(13)6-4-3-5-7-14/h7-9H,3-6H2,1-2H3. The fourth-order valence-corrected chi connectivity index (χ4v) is 2.36. The lowest BCUT2D eigenvalue weighted by atomic mass is 10.2. The van der Waals surface area contributed by atoms with Crippen molar-refractivity contribution in [1.29, 1.82) is 0 Å². The minimum absolute atomic E-state index is 0.508. The number of hydrogen-bond donors (Lipinski definition) is 0. The normalized spacial score (nSPS) is 11.9. The van der Waals surface area contributed by atoms with Crippen LogP contribution in [0.2, 0.25) is 0 Å². The van der Waals surface area contributed by atoms with Crippen molar-refractivity contribution in [2.75, 3.05) is 14.1 Å². The molecule has 0 fully saturated rings. The molecule has 0 N–H and O–H groups in total. The molecule has 0 aliphatic carbocycles. The SMILES string of the molecule is CN(C)S(=O)(=O)n1cncc1CCCCC=O. The quantitative estimate of drug-likeness (QED) is 0.526. The smallest absolute Gasteiger partial charge is 0.303 e. The van der Waals surface area contributed by atoms with E-state index in [4.69, 9.17) is 0 Å². The first-order chi connectivity index (χ1) is 8.00. The number of carbonyl (C=O) groups is 1. The maximum atomic E-state index is 11.9. The molecule has 1 aromatic heterocycles. The molecule has 0 amide bonds. The van der Waals surface area contributed by atoms with Gasteiger partial charge in [-0.05, 0) is 19.3 Å². The fourth-order valence-electron chi connectivity index (χ4n) is 1.40. The van der Waals surface area contributed by atoms with Crippen LogP contribution in [0, 0.1) is 0 Å². The second kappa shape index (κ2) is 5.92. The van der Waals surface area contributed by atoms with Crippen LogP contribution in [0.25, 0.3) is 0 Å². The van der Waals surface area contributed by atoms with Crippen LogP contribution in [-0.4, -0.2) is 42.1 Å². The van der Waals surface area contributed by atoms with Crippen molar-refractivity contribution in [1.82, 2.24) is 13.3 Å². The number of imidazole rings is 1. The fraction of sp³-hybridized carbons (Fsp3) is 0.600. The molecule has 1 heterocycles. The van der Waals surface area contributed by atoms with E-state index in [-0.39, 0.29) is 0 Å². The summed E-state index contributed by atoms with van der Waals surface area (Å²) in [7, 11) is -0.534. The van der Waals surface area contributed by atoms with Gasteiger partial charge in [-0.1, -0.05) is 0 Å². The van der Waals surface area contributed by atoms with Gasteiger partial charge in [0.2, 0.25) is 0 Å². The van der Waals surface area contributed by atoms with Gasteiger partial charge in [0.25, 0.3) is 0 Å². The third kappa shape index (κ3) is 3.37. The van der Waals surface area contributed by atoms with Crippen LogP contribution in [-0.2, 0) is 21.4 Å². The number of unbranched alkanes of at least 4 members (excludes halogenated alkanes) is 2. The highest BCUT2D eigenvalue weighted by molar-refractivity contribution is 7.87. The van der Waals surface area contributed by atoms with Gasteiger partial charge in [-0.2, -0.15) is 12.7 Å². The molecule has 96 valence electrons. The molecule has 6 nitrogen and oxygen atoms in total. The molecule has 0 aromatic carbocycles. The van der Waals surface area contributed by atoms with Crippen LogP contribution in [0.5, 0.6) is 0 Å². The summed E-state index contributed by atoms with van der Waals surface area (Å²) in [6.45, 7) is 0. The van der Waals surface area contributed by atoms with Gasteiger partial charge in [0.15, 0.2) is 0 Å². The predicted octanol–water partition coefficient (Wildman–Crippen LogP) is 0.449. The number of nitrogens with zero attached hydrogens (tertiary/aromatic N) is 3. The molecule has 1 aromatic rings. The zero-order chi connectivity index (χ0) is 12.9. The first kappa shape index (κ1) is 13.9. The minimum atomic E-state index is -3.49. The van der Waals surface area contributed by atoms with E-state index in [2.05, 4.69) is 4.98 Å². The van der Waals surface area contributed by atoms with Crippen LogP contribution in [0.15, 0.2) is 12.5 Å². The van der Waals surface area contributed by atoms with Crippen molar-refractivity contribution in [2.24, 2.45) is 0 Å². The van der Waals surface area contributed by atoms with Crippen LogP contribution in [0.3, 0.4) is 0 Å². The number of aryl methyl sites for hydroxylation is 1. The molecule has 0 saturated heterocycles. The summed E-state index contributed by atoms with van der Waals surface area (Å²) in [6, 6.07) is 0. The molecule has 0 unspecified atom stereocenters. The molecule has 7 heteroatoms. The van der Waals surface area contributed by atoms with E-state index in [0.717, 1.165) is 23.4 Å². The van der Waals surface area contributed by atoms with Crippen LogP contribution < -0.4 is 0 Å². The van der Waals surface area contributed by atoms with E-state index in [1.165, 1.54) is 24.4 Å². The number of aromatic nitrogens is 2. The van der Waals surface area contributed by atoms with E-state index in [1.807, 2.05) is 0 Å². The number of carbonyl (C=O) groups excluding carboxylic acids is 1. The van der Waals surface area contributed by atoms with Gasteiger partial charge in [0.1, 0.15) is 12.6 Å². The summed E-state index contributed by atoms with van der Waals surface area (Å²) in [4.78, 5) is 14.0. The maximum absolute atomic E-state index is 11.9. The summed E-state index contributed by atoms with van der Waals surface area (Å²) in [5.74, 6) is 0. The largest absolute Gasteiger partial charge is 0.308 e. The van der Waals surface area contributed by atoms with E-state index in [0.29, 0.717) is 18.5 Å². The molecule has 1 rings (SSSR count). The molecule has 0 atom stereocenters. The summed E-state index contributed by atoms with van der Waals surface area (Å²) in [6.07, 6.45) is 6.35. The van der Waals surface area contributed by atoms with E-state index < -0.39 is 10.2 Å². The zero-order valence-electron chi connectivity index (χ0n) is 10.0. The molecule has 0 saturated carbocycles. The molecular formula is C10H17N3O3S. The average Bonchev–Trinajstić information content (AvgIpc) is 2.73. The first-order valence-corrected chi connectivity index (χ1v) is 6.77. The Kier molecular flexibility index (Phi) is 4.83. The summed E-state index contributed by atoms with van der Waals surface area (Å²) < 4.78 is 26.1.